The predicted molar refractivity (Wildman–Crippen MR) is 106 cm³/mol. The number of rotatable bonds is 4. The van der Waals surface area contributed by atoms with E-state index in [9.17, 15) is 14.4 Å². The van der Waals surface area contributed by atoms with Crippen LogP contribution in [0.5, 0.6) is 0 Å². The first-order valence-corrected chi connectivity index (χ1v) is 9.12. The average Bonchev–Trinajstić information content (AvgIpc) is 3.17. The van der Waals surface area contributed by atoms with E-state index in [1.807, 2.05) is 35.9 Å². The fourth-order valence-corrected chi connectivity index (χ4v) is 3.70. The van der Waals surface area contributed by atoms with E-state index in [1.165, 1.54) is 11.5 Å². The number of carbonyl (C=O) groups excluding carboxylic acids is 1. The Morgan fingerprint density at radius 2 is 1.89 bits per heavy atom. The Hall–Kier alpha value is -3.42. The van der Waals surface area contributed by atoms with Crippen LogP contribution in [0.1, 0.15) is 25.1 Å². The highest BCUT2D eigenvalue weighted by Crippen LogP contribution is 2.23. The number of para-hydroxylation sites is 1. The Kier molecular flexibility index (Phi) is 4.06. The summed E-state index contributed by atoms with van der Waals surface area (Å²) in [5.74, 6) is 0.297. The van der Waals surface area contributed by atoms with E-state index in [2.05, 4.69) is 18.0 Å². The van der Waals surface area contributed by atoms with E-state index in [1.54, 1.807) is 11.4 Å². The Balaban J connectivity index is 2.14. The summed E-state index contributed by atoms with van der Waals surface area (Å²) in [5, 5.41) is 0. The molecule has 0 fully saturated rings. The van der Waals surface area contributed by atoms with Crippen LogP contribution in [0, 0.1) is 6.92 Å². The quantitative estimate of drug-likeness (QED) is 0.539. The largest absolute Gasteiger partial charge is 0.332 e. The van der Waals surface area contributed by atoms with Gasteiger partial charge in [0.2, 0.25) is 5.78 Å². The Bertz CT molecular complexity index is 1370. The molecule has 0 unspecified atom stereocenters. The van der Waals surface area contributed by atoms with Crippen molar-refractivity contribution in [1.29, 1.82) is 0 Å². The third-order valence-corrected chi connectivity index (χ3v) is 5.02. The molecule has 0 saturated carbocycles. The van der Waals surface area contributed by atoms with Crippen LogP contribution in [0.15, 0.2) is 40.1 Å². The summed E-state index contributed by atoms with van der Waals surface area (Å²) in [6.07, 6.45) is 2.69. The molecule has 0 saturated heterocycles. The van der Waals surface area contributed by atoms with Crippen molar-refractivity contribution in [3.05, 3.63) is 62.6 Å². The van der Waals surface area contributed by atoms with Gasteiger partial charge < -0.3 is 0 Å². The first-order valence-electron chi connectivity index (χ1n) is 9.12. The first-order chi connectivity index (χ1) is 13.3. The molecule has 0 aliphatic rings. The van der Waals surface area contributed by atoms with Gasteiger partial charge in [0, 0.05) is 18.9 Å². The van der Waals surface area contributed by atoms with Gasteiger partial charge in [0.1, 0.15) is 5.78 Å². The molecule has 0 aliphatic carbocycles. The van der Waals surface area contributed by atoms with Crippen molar-refractivity contribution in [3.8, 4) is 5.69 Å². The third-order valence-electron chi connectivity index (χ3n) is 5.02. The van der Waals surface area contributed by atoms with Crippen LogP contribution in [-0.4, -0.2) is 28.9 Å². The molecule has 3 heterocycles. The number of Topliss-reactive ketones (excluding diaryl/α,β-unsaturated/α-hetero) is 1. The van der Waals surface area contributed by atoms with Crippen molar-refractivity contribution < 1.29 is 4.79 Å². The number of fused-ring (bicyclic) bond motifs is 3. The van der Waals surface area contributed by atoms with Gasteiger partial charge in [0.15, 0.2) is 11.2 Å². The number of carbonyl (C=O) groups is 1. The maximum atomic E-state index is 13.0. The van der Waals surface area contributed by atoms with Gasteiger partial charge >= 0.3 is 5.69 Å². The van der Waals surface area contributed by atoms with Gasteiger partial charge in [-0.2, -0.15) is 4.98 Å². The smallest absolute Gasteiger partial charge is 0.298 e. The molecule has 0 radical (unpaired) electrons. The fourth-order valence-electron chi connectivity index (χ4n) is 3.70. The highest BCUT2D eigenvalue weighted by molar-refractivity contribution is 5.78. The minimum Gasteiger partial charge on any atom is -0.298 e. The van der Waals surface area contributed by atoms with Gasteiger partial charge in [-0.15, -0.1) is 0 Å². The van der Waals surface area contributed by atoms with E-state index in [4.69, 9.17) is 0 Å². The summed E-state index contributed by atoms with van der Waals surface area (Å²) in [4.78, 5) is 41.8. The highest BCUT2D eigenvalue weighted by Gasteiger charge is 2.21. The summed E-state index contributed by atoms with van der Waals surface area (Å²) >= 11 is 0. The third kappa shape index (κ3) is 2.45. The van der Waals surface area contributed by atoms with E-state index in [-0.39, 0.29) is 17.8 Å². The minimum atomic E-state index is -0.550. The number of aromatic nitrogens is 5. The van der Waals surface area contributed by atoms with Crippen molar-refractivity contribution in [2.75, 3.05) is 0 Å². The van der Waals surface area contributed by atoms with Gasteiger partial charge in [-0.1, -0.05) is 25.1 Å². The zero-order chi connectivity index (χ0) is 20.2. The van der Waals surface area contributed by atoms with Crippen LogP contribution in [0.3, 0.4) is 0 Å². The number of imidazole rings is 2. The first kappa shape index (κ1) is 18.0. The van der Waals surface area contributed by atoms with Crippen LogP contribution in [0.4, 0.5) is 0 Å². The Morgan fingerprint density at radius 1 is 1.18 bits per heavy atom. The van der Waals surface area contributed by atoms with Crippen molar-refractivity contribution in [1.82, 2.24) is 23.1 Å². The fraction of sp³-hybridized carbons (Fsp3) is 0.300. The van der Waals surface area contributed by atoms with Crippen LogP contribution in [0.2, 0.25) is 0 Å². The van der Waals surface area contributed by atoms with Gasteiger partial charge in [-0.25, -0.2) is 4.79 Å². The molecule has 1 aromatic carbocycles. The highest BCUT2D eigenvalue weighted by atomic mass is 16.2. The molecule has 0 bridgehead atoms. The molecule has 8 heteroatoms. The van der Waals surface area contributed by atoms with Crippen molar-refractivity contribution in [2.24, 2.45) is 7.05 Å². The number of benzene rings is 1. The van der Waals surface area contributed by atoms with E-state index < -0.39 is 11.2 Å². The summed E-state index contributed by atoms with van der Waals surface area (Å²) in [6.45, 7) is 5.13. The second-order valence-corrected chi connectivity index (χ2v) is 6.98. The van der Waals surface area contributed by atoms with Gasteiger partial charge in [0.25, 0.3) is 5.56 Å². The predicted octanol–water partition coefficient (Wildman–Crippen LogP) is 1.60. The van der Waals surface area contributed by atoms with E-state index in [0.29, 0.717) is 11.4 Å². The van der Waals surface area contributed by atoms with E-state index >= 15 is 0 Å². The maximum absolute atomic E-state index is 13.0. The second kappa shape index (κ2) is 6.33. The van der Waals surface area contributed by atoms with Crippen LogP contribution in [-0.2, 0) is 24.8 Å². The van der Waals surface area contributed by atoms with Crippen LogP contribution >= 0.6 is 0 Å². The molecular weight excluding hydrogens is 358 g/mol. The summed E-state index contributed by atoms with van der Waals surface area (Å²) in [7, 11) is 1.56. The SMILES string of the molecule is CCc1ccccc1-n1c(C)cn2c3c(=O)n(CC(C)=O)c(=O)n(C)c3nc12. The summed E-state index contributed by atoms with van der Waals surface area (Å²) in [5.41, 5.74) is 2.58. The maximum Gasteiger partial charge on any atom is 0.332 e. The lowest BCUT2D eigenvalue weighted by Crippen LogP contribution is -2.40. The lowest BCUT2D eigenvalue weighted by Gasteiger charge is -2.10. The van der Waals surface area contributed by atoms with Gasteiger partial charge in [-0.3, -0.25) is 27.7 Å². The Morgan fingerprint density at radius 3 is 2.57 bits per heavy atom. The molecular formula is C20H21N5O3. The zero-order valence-electron chi connectivity index (χ0n) is 16.3. The standard InChI is InChI=1S/C20H21N5O3/c1-5-14-8-6-7-9-15(14)25-12(2)10-23-16-17(21-19(23)25)22(4)20(28)24(18(16)27)11-13(3)26/h6-10H,5,11H2,1-4H3. The average molecular weight is 379 g/mol. The van der Waals surface area contributed by atoms with E-state index in [0.717, 1.165) is 27.9 Å². The topological polar surface area (TPSA) is 83.3 Å². The lowest BCUT2D eigenvalue weighted by atomic mass is 10.1. The summed E-state index contributed by atoms with van der Waals surface area (Å²) < 4.78 is 5.97. The van der Waals surface area contributed by atoms with Crippen LogP contribution in [0.25, 0.3) is 22.6 Å². The van der Waals surface area contributed by atoms with Gasteiger partial charge in [-0.05, 0) is 31.9 Å². The second-order valence-electron chi connectivity index (χ2n) is 6.98. The molecule has 4 rings (SSSR count). The number of ketones is 1. The van der Waals surface area contributed by atoms with Crippen molar-refractivity contribution >= 4 is 22.7 Å². The normalized spacial score (nSPS) is 11.6. The molecule has 0 N–H and O–H groups in total. The molecule has 144 valence electrons. The summed E-state index contributed by atoms with van der Waals surface area (Å²) in [6, 6.07) is 8.02. The van der Waals surface area contributed by atoms with Crippen molar-refractivity contribution in [3.63, 3.8) is 0 Å². The van der Waals surface area contributed by atoms with Crippen LogP contribution < -0.4 is 11.2 Å². The number of nitrogens with zero attached hydrogens (tertiary/aromatic N) is 5. The molecule has 0 amide bonds. The lowest BCUT2D eigenvalue weighted by molar-refractivity contribution is -0.117. The minimum absolute atomic E-state index is 0.257. The van der Waals surface area contributed by atoms with Gasteiger partial charge in [0.05, 0.1) is 12.2 Å². The number of aryl methyl sites for hydroxylation is 3. The monoisotopic (exact) mass is 379 g/mol. The molecule has 0 aliphatic heterocycles. The molecule has 3 aromatic heterocycles. The molecule has 4 aromatic rings. The molecule has 8 nitrogen and oxygen atoms in total. The number of hydrogen-bond donors (Lipinski definition) is 0. The molecule has 0 atom stereocenters. The Labute approximate surface area is 160 Å². The molecule has 28 heavy (non-hydrogen) atoms. The number of hydrogen-bond acceptors (Lipinski definition) is 4. The van der Waals surface area contributed by atoms with Crippen molar-refractivity contribution in [2.45, 2.75) is 33.7 Å². The zero-order valence-corrected chi connectivity index (χ0v) is 16.3. The molecule has 0 spiro atoms.